The van der Waals surface area contributed by atoms with Crippen LogP contribution in [0.3, 0.4) is 0 Å². The molecule has 1 saturated carbocycles. The van der Waals surface area contributed by atoms with Gasteiger partial charge in [-0.15, -0.1) is 0 Å². The van der Waals surface area contributed by atoms with Gasteiger partial charge in [0.1, 0.15) is 5.60 Å². The number of carbonyl (C=O) groups excluding carboxylic acids is 1. The lowest BCUT2D eigenvalue weighted by Gasteiger charge is -2.20. The Kier molecular flexibility index (Phi) is 3.97. The molecule has 1 aliphatic carbocycles. The Labute approximate surface area is 91.5 Å². The van der Waals surface area contributed by atoms with Crippen molar-refractivity contribution in [2.75, 3.05) is 6.54 Å². The summed E-state index contributed by atoms with van der Waals surface area (Å²) in [6.45, 7) is 6.26. The fourth-order valence-corrected chi connectivity index (χ4v) is 1.84. The Morgan fingerprint density at radius 1 is 1.47 bits per heavy atom. The van der Waals surface area contributed by atoms with Crippen molar-refractivity contribution in [3.63, 3.8) is 0 Å². The van der Waals surface area contributed by atoms with Crippen LogP contribution in [0.15, 0.2) is 0 Å². The topological polar surface area (TPSA) is 64.3 Å². The van der Waals surface area contributed by atoms with Crippen molar-refractivity contribution >= 4 is 6.09 Å². The summed E-state index contributed by atoms with van der Waals surface area (Å²) < 4.78 is 5.14. The molecule has 15 heavy (non-hydrogen) atoms. The number of rotatable bonds is 2. The lowest BCUT2D eigenvalue weighted by Crippen LogP contribution is -2.35. The fraction of sp³-hybridized carbons (Fsp3) is 0.909. The molecule has 0 aromatic carbocycles. The first-order chi connectivity index (χ1) is 6.87. The van der Waals surface area contributed by atoms with E-state index in [-0.39, 0.29) is 6.09 Å². The van der Waals surface area contributed by atoms with Gasteiger partial charge in [0.15, 0.2) is 0 Å². The van der Waals surface area contributed by atoms with E-state index in [1.165, 1.54) is 0 Å². The maximum absolute atomic E-state index is 11.3. The zero-order valence-corrected chi connectivity index (χ0v) is 9.88. The van der Waals surface area contributed by atoms with Crippen molar-refractivity contribution in [2.24, 2.45) is 11.7 Å². The van der Waals surface area contributed by atoms with Crippen molar-refractivity contribution in [3.05, 3.63) is 0 Å². The average Bonchev–Trinajstić information content (AvgIpc) is 2.45. The van der Waals surface area contributed by atoms with Crippen molar-refractivity contribution in [1.82, 2.24) is 5.32 Å². The number of hydrogen-bond donors (Lipinski definition) is 2. The van der Waals surface area contributed by atoms with Gasteiger partial charge in [-0.1, -0.05) is 0 Å². The summed E-state index contributed by atoms with van der Waals surface area (Å²) in [6, 6.07) is 0.315. The molecule has 1 aliphatic rings. The molecule has 0 bridgehead atoms. The van der Waals surface area contributed by atoms with E-state index in [0.29, 0.717) is 18.5 Å². The van der Waals surface area contributed by atoms with Gasteiger partial charge in [-0.05, 0) is 46.0 Å². The second-order valence-electron chi connectivity index (χ2n) is 5.32. The first-order valence-electron chi connectivity index (χ1n) is 5.59. The third-order valence-electron chi connectivity index (χ3n) is 2.52. The van der Waals surface area contributed by atoms with Gasteiger partial charge in [0.05, 0.1) is 0 Å². The number of amides is 1. The minimum absolute atomic E-state index is 0.315. The lowest BCUT2D eigenvalue weighted by molar-refractivity contribution is 0.0519. The van der Waals surface area contributed by atoms with Crippen LogP contribution in [0.5, 0.6) is 0 Å². The molecule has 4 heteroatoms. The van der Waals surface area contributed by atoms with E-state index in [2.05, 4.69) is 5.32 Å². The van der Waals surface area contributed by atoms with Gasteiger partial charge in [0, 0.05) is 12.6 Å². The van der Waals surface area contributed by atoms with Crippen LogP contribution in [0.2, 0.25) is 0 Å². The fourth-order valence-electron chi connectivity index (χ4n) is 1.84. The molecule has 0 spiro atoms. The first kappa shape index (κ1) is 12.3. The predicted molar refractivity (Wildman–Crippen MR) is 59.6 cm³/mol. The number of nitrogens with two attached hydrogens (primary N) is 1. The Bertz CT molecular complexity index is 223. The minimum Gasteiger partial charge on any atom is -0.444 e. The quantitative estimate of drug-likeness (QED) is 0.734. The highest BCUT2D eigenvalue weighted by molar-refractivity contribution is 5.67. The number of ether oxygens (including phenoxy) is 1. The van der Waals surface area contributed by atoms with Crippen LogP contribution in [0, 0.1) is 5.92 Å². The molecule has 0 aromatic rings. The summed E-state index contributed by atoms with van der Waals surface area (Å²) >= 11 is 0. The van der Waals surface area contributed by atoms with E-state index in [1.54, 1.807) is 0 Å². The Morgan fingerprint density at radius 2 is 2.13 bits per heavy atom. The molecule has 1 amide bonds. The van der Waals surface area contributed by atoms with E-state index in [4.69, 9.17) is 10.5 Å². The van der Waals surface area contributed by atoms with Gasteiger partial charge in [-0.3, -0.25) is 0 Å². The summed E-state index contributed by atoms with van der Waals surface area (Å²) in [5.74, 6) is 0.521. The molecule has 3 N–H and O–H groups in total. The lowest BCUT2D eigenvalue weighted by atomic mass is 10.1. The molecule has 0 radical (unpaired) electrons. The molecule has 1 rings (SSSR count). The average molecular weight is 214 g/mol. The van der Waals surface area contributed by atoms with Crippen molar-refractivity contribution in [2.45, 2.75) is 51.7 Å². The monoisotopic (exact) mass is 214 g/mol. The minimum atomic E-state index is -0.420. The maximum atomic E-state index is 11.3. The summed E-state index contributed by atoms with van der Waals surface area (Å²) in [5.41, 5.74) is 5.37. The molecular formula is C11H22N2O2. The molecule has 0 aromatic heterocycles. The van der Waals surface area contributed by atoms with Crippen LogP contribution in [0.1, 0.15) is 40.0 Å². The zero-order chi connectivity index (χ0) is 11.5. The van der Waals surface area contributed by atoms with E-state index < -0.39 is 5.60 Å². The van der Waals surface area contributed by atoms with E-state index >= 15 is 0 Å². The van der Waals surface area contributed by atoms with E-state index in [9.17, 15) is 4.79 Å². The second-order valence-corrected chi connectivity index (χ2v) is 5.32. The highest BCUT2D eigenvalue weighted by Crippen LogP contribution is 2.23. The highest BCUT2D eigenvalue weighted by Gasteiger charge is 2.23. The number of carbonyl (C=O) groups is 1. The van der Waals surface area contributed by atoms with Crippen molar-refractivity contribution in [1.29, 1.82) is 0 Å². The zero-order valence-electron chi connectivity index (χ0n) is 9.88. The summed E-state index contributed by atoms with van der Waals surface area (Å²) in [6.07, 6.45) is 2.86. The van der Waals surface area contributed by atoms with E-state index in [1.807, 2.05) is 20.8 Å². The molecular weight excluding hydrogens is 192 g/mol. The molecule has 0 saturated heterocycles. The maximum Gasteiger partial charge on any atom is 0.407 e. The SMILES string of the molecule is CC(C)(C)OC(=O)NC[C@H]1CC[C@@H](N)C1. The van der Waals surface area contributed by atoms with Gasteiger partial charge in [-0.2, -0.15) is 0 Å². The molecule has 4 nitrogen and oxygen atoms in total. The highest BCUT2D eigenvalue weighted by atomic mass is 16.6. The normalized spacial score (nSPS) is 26.4. The Morgan fingerprint density at radius 3 is 2.60 bits per heavy atom. The summed E-state index contributed by atoms with van der Waals surface area (Å²) in [5, 5.41) is 2.78. The van der Waals surface area contributed by atoms with E-state index in [0.717, 1.165) is 19.3 Å². The molecule has 2 atom stereocenters. The smallest absolute Gasteiger partial charge is 0.407 e. The molecule has 88 valence electrons. The van der Waals surface area contributed by atoms with Crippen LogP contribution >= 0.6 is 0 Å². The summed E-state index contributed by atoms with van der Waals surface area (Å²) in [7, 11) is 0. The number of alkyl carbamates (subject to hydrolysis) is 1. The van der Waals surface area contributed by atoms with Gasteiger partial charge < -0.3 is 15.8 Å². The molecule has 0 heterocycles. The van der Waals surface area contributed by atoms with Gasteiger partial charge in [-0.25, -0.2) is 4.79 Å². The molecule has 0 unspecified atom stereocenters. The standard InChI is InChI=1S/C11H22N2O2/c1-11(2,3)15-10(14)13-7-8-4-5-9(12)6-8/h8-9H,4-7,12H2,1-3H3,(H,13,14)/t8-,9+/m0/s1. The van der Waals surface area contributed by atoms with Crippen LogP contribution in [-0.2, 0) is 4.74 Å². The largest absolute Gasteiger partial charge is 0.444 e. The van der Waals surface area contributed by atoms with Crippen LogP contribution in [0.4, 0.5) is 4.79 Å². The molecule has 1 fully saturated rings. The van der Waals surface area contributed by atoms with Gasteiger partial charge >= 0.3 is 6.09 Å². The number of nitrogens with one attached hydrogen (secondary N) is 1. The second kappa shape index (κ2) is 4.84. The van der Waals surface area contributed by atoms with Crippen LogP contribution in [0.25, 0.3) is 0 Å². The van der Waals surface area contributed by atoms with Gasteiger partial charge in [0.2, 0.25) is 0 Å². The van der Waals surface area contributed by atoms with Crippen LogP contribution < -0.4 is 11.1 Å². The van der Waals surface area contributed by atoms with Gasteiger partial charge in [0.25, 0.3) is 0 Å². The third-order valence-corrected chi connectivity index (χ3v) is 2.52. The van der Waals surface area contributed by atoms with Crippen LogP contribution in [-0.4, -0.2) is 24.3 Å². The Hall–Kier alpha value is -0.770. The van der Waals surface area contributed by atoms with Crippen molar-refractivity contribution in [3.8, 4) is 0 Å². The summed E-state index contributed by atoms with van der Waals surface area (Å²) in [4.78, 5) is 11.3. The van der Waals surface area contributed by atoms with Crippen molar-refractivity contribution < 1.29 is 9.53 Å². The first-order valence-corrected chi connectivity index (χ1v) is 5.59. The Balaban J connectivity index is 2.17. The molecule has 0 aliphatic heterocycles. The predicted octanol–water partition coefficient (Wildman–Crippen LogP) is 1.64. The third kappa shape index (κ3) is 5.02. The number of hydrogen-bond acceptors (Lipinski definition) is 3.